The maximum atomic E-state index is 14.0. The number of hydrogen-bond donors (Lipinski definition) is 1. The van der Waals surface area contributed by atoms with E-state index in [4.69, 9.17) is 14.7 Å². The van der Waals surface area contributed by atoms with Gasteiger partial charge in [-0.2, -0.15) is 5.10 Å². The Morgan fingerprint density at radius 1 is 1.07 bits per heavy atom. The van der Waals surface area contributed by atoms with Gasteiger partial charge < -0.3 is 19.1 Å². The van der Waals surface area contributed by atoms with Crippen molar-refractivity contribution >= 4 is 28.6 Å². The van der Waals surface area contributed by atoms with Crippen molar-refractivity contribution in [3.05, 3.63) is 47.8 Å². The number of carbonyl (C=O) groups is 1. The molecule has 1 spiro atoms. The second-order valence-electron chi connectivity index (χ2n) is 13.9. The van der Waals surface area contributed by atoms with Gasteiger partial charge in [0, 0.05) is 62.8 Å². The van der Waals surface area contributed by atoms with Gasteiger partial charge >= 0.3 is 0 Å². The first-order chi connectivity index (χ1) is 21.8. The van der Waals surface area contributed by atoms with Crippen LogP contribution >= 0.6 is 0 Å². The molecule has 3 fully saturated rings. The van der Waals surface area contributed by atoms with Crippen LogP contribution in [0.1, 0.15) is 48.2 Å². The number of anilines is 2. The largest absolute Gasteiger partial charge is 0.476 e. The summed E-state index contributed by atoms with van der Waals surface area (Å²) >= 11 is 0. The number of benzene rings is 1. The Bertz CT molecular complexity index is 1770. The molecule has 1 N–H and O–H groups in total. The Kier molecular flexibility index (Phi) is 6.87. The quantitative estimate of drug-likeness (QED) is 0.363. The fraction of sp³-hybridized carbons (Fsp3) is 0.529. The predicted molar refractivity (Wildman–Crippen MR) is 175 cm³/mol. The molecule has 1 aliphatic carbocycles. The Morgan fingerprint density at radius 2 is 1.91 bits per heavy atom. The summed E-state index contributed by atoms with van der Waals surface area (Å²) in [5, 5.41) is 7.74. The topological polar surface area (TPSA) is 96.6 Å². The molecule has 3 atom stereocenters. The second-order valence-corrected chi connectivity index (χ2v) is 13.9. The minimum atomic E-state index is -0.191. The summed E-state index contributed by atoms with van der Waals surface area (Å²) in [6.45, 7) is 7.31. The highest BCUT2D eigenvalue weighted by Gasteiger charge is 2.48. The number of nitrogens with one attached hydrogen (secondary N) is 1. The number of aryl methyl sites for hydroxylation is 2. The molecule has 1 aromatic carbocycles. The molecule has 45 heavy (non-hydrogen) atoms. The van der Waals surface area contributed by atoms with E-state index in [2.05, 4.69) is 62.0 Å². The number of pyridine rings is 1. The Labute approximate surface area is 264 Å². The third-order valence-corrected chi connectivity index (χ3v) is 10.6. The van der Waals surface area contributed by atoms with Crippen LogP contribution < -0.4 is 15.0 Å². The Hall–Kier alpha value is -3.96. The lowest BCUT2D eigenvalue weighted by Crippen LogP contribution is -2.50. The van der Waals surface area contributed by atoms with Gasteiger partial charge in [0.2, 0.25) is 11.8 Å². The van der Waals surface area contributed by atoms with E-state index in [1.54, 1.807) is 10.9 Å². The van der Waals surface area contributed by atoms with Gasteiger partial charge in [-0.15, -0.1) is 0 Å². The lowest BCUT2D eigenvalue weighted by atomic mass is 9.90. The summed E-state index contributed by atoms with van der Waals surface area (Å²) in [6.07, 6.45) is 7.39. The molecule has 5 bridgehead atoms. The van der Waals surface area contributed by atoms with Crippen molar-refractivity contribution < 1.29 is 9.53 Å². The van der Waals surface area contributed by atoms with Gasteiger partial charge in [0.05, 0.1) is 34.0 Å². The maximum absolute atomic E-state index is 14.0. The van der Waals surface area contributed by atoms with Crippen LogP contribution in [0, 0.1) is 12.8 Å². The molecule has 236 valence electrons. The molecule has 0 radical (unpaired) electrons. The van der Waals surface area contributed by atoms with E-state index in [1.807, 2.05) is 26.1 Å². The molecule has 8 rings (SSSR count). The zero-order valence-electron chi connectivity index (χ0n) is 26.8. The summed E-state index contributed by atoms with van der Waals surface area (Å²) in [4.78, 5) is 31.3. The van der Waals surface area contributed by atoms with E-state index in [1.165, 1.54) is 12.1 Å². The fourth-order valence-electron chi connectivity index (χ4n) is 8.42. The molecule has 3 aliphatic heterocycles. The van der Waals surface area contributed by atoms with Crippen LogP contribution in [0.5, 0.6) is 5.88 Å². The van der Waals surface area contributed by atoms with E-state index < -0.39 is 0 Å². The first kappa shape index (κ1) is 28.5. The van der Waals surface area contributed by atoms with E-state index in [0.717, 1.165) is 80.7 Å². The Balaban J connectivity index is 1.24. The third kappa shape index (κ3) is 4.96. The number of amides is 1. The zero-order valence-corrected chi connectivity index (χ0v) is 26.8. The lowest BCUT2D eigenvalue weighted by Gasteiger charge is -2.42. The van der Waals surface area contributed by atoms with Gasteiger partial charge in [-0.25, -0.2) is 9.67 Å². The van der Waals surface area contributed by atoms with Crippen molar-refractivity contribution in [2.24, 2.45) is 13.0 Å². The smallest absolute Gasteiger partial charge is 0.258 e. The highest BCUT2D eigenvalue weighted by Crippen LogP contribution is 2.48. The lowest BCUT2D eigenvalue weighted by molar-refractivity contribution is 0.0902. The molecular weight excluding hydrogens is 566 g/mol. The first-order valence-corrected chi connectivity index (χ1v) is 16.4. The number of aromatic nitrogens is 5. The van der Waals surface area contributed by atoms with Crippen LogP contribution in [0.2, 0.25) is 0 Å². The van der Waals surface area contributed by atoms with Crippen LogP contribution in [0.4, 0.5) is 11.6 Å². The van der Waals surface area contributed by atoms with Crippen LogP contribution in [0.15, 0.2) is 36.5 Å². The fourth-order valence-corrected chi connectivity index (χ4v) is 8.42. The number of ether oxygens (including phenoxy) is 1. The Morgan fingerprint density at radius 3 is 2.73 bits per heavy atom. The molecule has 2 saturated heterocycles. The van der Waals surface area contributed by atoms with E-state index in [0.29, 0.717) is 41.7 Å². The zero-order chi connectivity index (χ0) is 30.9. The minimum Gasteiger partial charge on any atom is -0.476 e. The van der Waals surface area contributed by atoms with Gasteiger partial charge in [0.15, 0.2) is 0 Å². The van der Waals surface area contributed by atoms with Gasteiger partial charge in [0.25, 0.3) is 5.91 Å². The first-order valence-electron chi connectivity index (χ1n) is 16.4. The highest BCUT2D eigenvalue weighted by atomic mass is 16.5. The molecule has 3 aromatic heterocycles. The maximum Gasteiger partial charge on any atom is 0.258 e. The van der Waals surface area contributed by atoms with Crippen LogP contribution in [0.25, 0.3) is 22.3 Å². The van der Waals surface area contributed by atoms with Crippen molar-refractivity contribution in [2.75, 3.05) is 63.6 Å². The van der Waals surface area contributed by atoms with Crippen LogP contribution in [-0.4, -0.2) is 99.5 Å². The van der Waals surface area contributed by atoms with Gasteiger partial charge in [-0.1, -0.05) is 0 Å². The molecule has 11 nitrogen and oxygen atoms in total. The standard InChI is InChI=1S/C34H43N9O2/c1-22-15-24-16-29(36-22)27-19-35-40(4)32(27)45-14-13-41-20-23-7-10-34(18-23,21-41)43-30-17-26(42-11-8-25(9-12-42)39(2)3)5-6-28(30)37-33(43)38-31(24)44/h5-6,15-17,19,23,25H,7-14,18,20-21H2,1-4H3,(H,37,38,44). The van der Waals surface area contributed by atoms with Crippen molar-refractivity contribution in [2.45, 2.75) is 50.6 Å². The number of carbonyl (C=O) groups excluding carboxylic acids is 1. The normalized spacial score (nSPS) is 25.4. The number of hydrogen-bond acceptors (Lipinski definition) is 8. The average molecular weight is 610 g/mol. The second kappa shape index (κ2) is 10.8. The molecule has 4 aromatic rings. The third-order valence-electron chi connectivity index (χ3n) is 10.6. The van der Waals surface area contributed by atoms with E-state index >= 15 is 0 Å². The van der Waals surface area contributed by atoms with Crippen molar-refractivity contribution in [3.8, 4) is 17.1 Å². The molecule has 11 heteroatoms. The molecular formula is C34H43N9O2. The summed E-state index contributed by atoms with van der Waals surface area (Å²) < 4.78 is 10.5. The van der Waals surface area contributed by atoms with Crippen molar-refractivity contribution in [1.29, 1.82) is 0 Å². The molecule has 1 amide bonds. The van der Waals surface area contributed by atoms with Crippen molar-refractivity contribution in [3.63, 3.8) is 0 Å². The SMILES string of the molecule is Cc1cc2cc(n1)-c1cnn(C)c1OCCN1CC3CCC(C3)(C1)n1c(nc3ccc(N4CCC(N(C)C)CC4)cc31)NC2=O. The van der Waals surface area contributed by atoms with E-state index in [-0.39, 0.29) is 11.4 Å². The molecule has 1 saturated carbocycles. The number of imidazole rings is 1. The number of nitrogens with zero attached hydrogens (tertiary/aromatic N) is 8. The van der Waals surface area contributed by atoms with Crippen molar-refractivity contribution in [1.82, 2.24) is 34.1 Å². The highest BCUT2D eigenvalue weighted by molar-refractivity contribution is 6.05. The number of fused-ring (bicyclic) bond motifs is 9. The van der Waals surface area contributed by atoms with Gasteiger partial charge in [0.1, 0.15) is 6.61 Å². The average Bonchev–Trinajstić information content (AvgIpc) is 3.68. The van der Waals surface area contributed by atoms with Crippen LogP contribution in [0.3, 0.4) is 0 Å². The molecule has 6 heterocycles. The molecule has 3 unspecified atom stereocenters. The van der Waals surface area contributed by atoms with Gasteiger partial charge in [-0.05, 0) is 89.4 Å². The van der Waals surface area contributed by atoms with Gasteiger partial charge in [-0.3, -0.25) is 20.0 Å². The monoisotopic (exact) mass is 609 g/mol. The number of rotatable bonds is 2. The summed E-state index contributed by atoms with van der Waals surface area (Å²) in [5.41, 5.74) is 5.85. The summed E-state index contributed by atoms with van der Waals surface area (Å²) in [6, 6.07) is 11.0. The summed E-state index contributed by atoms with van der Waals surface area (Å²) in [7, 11) is 6.25. The predicted octanol–water partition coefficient (Wildman–Crippen LogP) is 4.13. The minimum absolute atomic E-state index is 0.159. The summed E-state index contributed by atoms with van der Waals surface area (Å²) in [5.74, 6) is 1.71. The van der Waals surface area contributed by atoms with E-state index in [9.17, 15) is 4.79 Å². The number of piperidine rings is 2. The van der Waals surface area contributed by atoms with Crippen LogP contribution in [-0.2, 0) is 12.6 Å². The molecule has 4 aliphatic rings.